The van der Waals surface area contributed by atoms with Gasteiger partial charge in [0.2, 0.25) is 0 Å². The van der Waals surface area contributed by atoms with Gasteiger partial charge in [0, 0.05) is 41.0 Å². The second-order valence-corrected chi connectivity index (χ2v) is 7.91. The molecule has 0 aliphatic carbocycles. The lowest BCUT2D eigenvalue weighted by Gasteiger charge is -2.26. The summed E-state index contributed by atoms with van der Waals surface area (Å²) in [6.45, 7) is 4.66. The molecule has 0 atom stereocenters. The van der Waals surface area contributed by atoms with Crippen molar-refractivity contribution in [1.82, 2.24) is 24.7 Å². The molecule has 0 N–H and O–H groups in total. The van der Waals surface area contributed by atoms with E-state index in [-0.39, 0.29) is 0 Å². The standard InChI is InChI=1S/C17H17Cl2N5OS/c18-13-9-12(10-14(19)11-13)17-21-20-15-1-2-16(22-24(15)17)26-8-5-23-3-6-25-7-4-23/h1-2,9-11H,3-8H2. The van der Waals surface area contributed by atoms with Gasteiger partial charge in [-0.25, -0.2) is 0 Å². The molecule has 136 valence electrons. The van der Waals surface area contributed by atoms with Crippen LogP contribution in [0, 0.1) is 0 Å². The molecular formula is C17H17Cl2N5OS. The van der Waals surface area contributed by atoms with Crippen LogP contribution in [0.25, 0.3) is 17.0 Å². The minimum atomic E-state index is 0.556. The van der Waals surface area contributed by atoms with Crippen molar-refractivity contribution in [2.24, 2.45) is 0 Å². The van der Waals surface area contributed by atoms with Crippen molar-refractivity contribution in [3.63, 3.8) is 0 Å². The van der Waals surface area contributed by atoms with Gasteiger partial charge in [0.25, 0.3) is 0 Å². The molecule has 1 saturated heterocycles. The number of morpholine rings is 1. The van der Waals surface area contributed by atoms with Gasteiger partial charge in [-0.1, -0.05) is 23.2 Å². The van der Waals surface area contributed by atoms with Gasteiger partial charge in [0.05, 0.1) is 13.2 Å². The van der Waals surface area contributed by atoms with E-state index in [0.29, 0.717) is 21.5 Å². The molecule has 1 aliphatic heterocycles. The van der Waals surface area contributed by atoms with E-state index in [1.807, 2.05) is 24.3 Å². The van der Waals surface area contributed by atoms with Gasteiger partial charge in [0.15, 0.2) is 11.5 Å². The molecule has 6 nitrogen and oxygen atoms in total. The molecule has 0 saturated carbocycles. The molecule has 4 rings (SSSR count). The minimum Gasteiger partial charge on any atom is -0.379 e. The molecule has 0 spiro atoms. The van der Waals surface area contributed by atoms with Gasteiger partial charge in [-0.05, 0) is 30.3 Å². The highest BCUT2D eigenvalue weighted by Crippen LogP contribution is 2.26. The Balaban J connectivity index is 1.52. The smallest absolute Gasteiger partial charge is 0.185 e. The lowest BCUT2D eigenvalue weighted by Crippen LogP contribution is -2.37. The molecule has 3 aromatic rings. The van der Waals surface area contributed by atoms with Gasteiger partial charge >= 0.3 is 0 Å². The molecule has 1 fully saturated rings. The maximum absolute atomic E-state index is 6.11. The Hall–Kier alpha value is -1.38. The van der Waals surface area contributed by atoms with Crippen LogP contribution >= 0.6 is 35.0 Å². The van der Waals surface area contributed by atoms with E-state index in [9.17, 15) is 0 Å². The zero-order valence-corrected chi connectivity index (χ0v) is 16.3. The predicted octanol–water partition coefficient (Wildman–Crippen LogP) is 3.52. The Morgan fingerprint density at radius 2 is 1.81 bits per heavy atom. The van der Waals surface area contributed by atoms with Crippen molar-refractivity contribution in [1.29, 1.82) is 0 Å². The average Bonchev–Trinajstić information content (AvgIpc) is 3.05. The first-order valence-electron chi connectivity index (χ1n) is 8.31. The summed E-state index contributed by atoms with van der Waals surface area (Å²) >= 11 is 13.9. The summed E-state index contributed by atoms with van der Waals surface area (Å²) in [5.41, 5.74) is 1.48. The number of hydrogen-bond donors (Lipinski definition) is 0. The van der Waals surface area contributed by atoms with Crippen LogP contribution < -0.4 is 0 Å². The first kappa shape index (κ1) is 18.0. The third kappa shape index (κ3) is 4.13. The maximum atomic E-state index is 6.11. The fourth-order valence-electron chi connectivity index (χ4n) is 2.82. The predicted molar refractivity (Wildman–Crippen MR) is 104 cm³/mol. The van der Waals surface area contributed by atoms with Crippen LogP contribution in [-0.4, -0.2) is 63.3 Å². The molecule has 0 unspecified atom stereocenters. The zero-order valence-electron chi connectivity index (χ0n) is 13.9. The molecule has 1 aromatic carbocycles. The van der Waals surface area contributed by atoms with E-state index in [1.165, 1.54) is 0 Å². The number of nitrogens with zero attached hydrogens (tertiary/aromatic N) is 5. The Bertz CT molecular complexity index is 893. The van der Waals surface area contributed by atoms with Crippen molar-refractivity contribution in [3.8, 4) is 11.4 Å². The van der Waals surface area contributed by atoms with Crippen LogP contribution in [0.15, 0.2) is 35.4 Å². The second-order valence-electron chi connectivity index (χ2n) is 5.93. The number of aromatic nitrogens is 4. The summed E-state index contributed by atoms with van der Waals surface area (Å²) in [5, 5.41) is 15.1. The van der Waals surface area contributed by atoms with Crippen LogP contribution in [0.5, 0.6) is 0 Å². The largest absolute Gasteiger partial charge is 0.379 e. The zero-order chi connectivity index (χ0) is 17.9. The van der Waals surface area contributed by atoms with Crippen molar-refractivity contribution >= 4 is 40.6 Å². The molecule has 0 bridgehead atoms. The molecular weight excluding hydrogens is 393 g/mol. The second kappa shape index (κ2) is 8.10. The summed E-state index contributed by atoms with van der Waals surface area (Å²) < 4.78 is 7.11. The SMILES string of the molecule is Clc1cc(Cl)cc(-c2nnc3ccc(SCCN4CCOCC4)nn23)c1. The van der Waals surface area contributed by atoms with Crippen molar-refractivity contribution in [2.45, 2.75) is 5.03 Å². The lowest BCUT2D eigenvalue weighted by molar-refractivity contribution is 0.0410. The number of benzene rings is 1. The summed E-state index contributed by atoms with van der Waals surface area (Å²) in [6.07, 6.45) is 0. The van der Waals surface area contributed by atoms with Gasteiger partial charge < -0.3 is 4.74 Å². The van der Waals surface area contributed by atoms with Gasteiger partial charge in [-0.3, -0.25) is 4.90 Å². The highest BCUT2D eigenvalue weighted by molar-refractivity contribution is 7.99. The summed E-state index contributed by atoms with van der Waals surface area (Å²) in [5.74, 6) is 1.60. The molecule has 9 heteroatoms. The first-order valence-corrected chi connectivity index (χ1v) is 10.0. The molecule has 26 heavy (non-hydrogen) atoms. The fraction of sp³-hybridized carbons (Fsp3) is 0.353. The van der Waals surface area contributed by atoms with Crippen LogP contribution in [0.3, 0.4) is 0 Å². The molecule has 0 amide bonds. The monoisotopic (exact) mass is 409 g/mol. The molecule has 2 aromatic heterocycles. The lowest BCUT2D eigenvalue weighted by atomic mass is 10.2. The highest BCUT2D eigenvalue weighted by Gasteiger charge is 2.13. The summed E-state index contributed by atoms with van der Waals surface area (Å²) in [6, 6.07) is 9.21. The normalized spacial score (nSPS) is 15.6. The van der Waals surface area contributed by atoms with E-state index >= 15 is 0 Å². The summed E-state index contributed by atoms with van der Waals surface area (Å²) in [4.78, 5) is 2.41. The number of ether oxygens (including phenoxy) is 1. The Morgan fingerprint density at radius 3 is 2.58 bits per heavy atom. The van der Waals surface area contributed by atoms with E-state index < -0.39 is 0 Å². The van der Waals surface area contributed by atoms with Crippen LogP contribution in [0.4, 0.5) is 0 Å². The molecule has 1 aliphatic rings. The number of thioether (sulfide) groups is 1. The highest BCUT2D eigenvalue weighted by atomic mass is 35.5. The van der Waals surface area contributed by atoms with Crippen molar-refractivity contribution in [2.75, 3.05) is 38.6 Å². The van der Waals surface area contributed by atoms with Crippen LogP contribution in [-0.2, 0) is 4.74 Å². The quantitative estimate of drug-likeness (QED) is 0.600. The number of rotatable bonds is 5. The maximum Gasteiger partial charge on any atom is 0.185 e. The average molecular weight is 410 g/mol. The minimum absolute atomic E-state index is 0.556. The van der Waals surface area contributed by atoms with Gasteiger partial charge in [0.1, 0.15) is 5.03 Å². The topological polar surface area (TPSA) is 55.5 Å². The Morgan fingerprint density at radius 1 is 1.04 bits per heavy atom. The third-order valence-corrected chi connectivity index (χ3v) is 5.46. The molecule has 3 heterocycles. The Kier molecular flexibility index (Phi) is 5.61. The van der Waals surface area contributed by atoms with Gasteiger partial charge in [-0.15, -0.1) is 22.0 Å². The fourth-order valence-corrected chi connectivity index (χ4v) is 4.20. The van der Waals surface area contributed by atoms with Gasteiger partial charge in [-0.2, -0.15) is 9.61 Å². The third-order valence-electron chi connectivity index (χ3n) is 4.12. The number of halogens is 2. The molecule has 0 radical (unpaired) electrons. The Labute approximate surface area is 165 Å². The van der Waals surface area contributed by atoms with Crippen LogP contribution in [0.1, 0.15) is 0 Å². The first-order chi connectivity index (χ1) is 12.7. The number of fused-ring (bicyclic) bond motifs is 1. The number of hydrogen-bond acceptors (Lipinski definition) is 6. The van der Waals surface area contributed by atoms with E-state index in [1.54, 1.807) is 22.3 Å². The van der Waals surface area contributed by atoms with E-state index in [2.05, 4.69) is 20.2 Å². The van der Waals surface area contributed by atoms with Crippen molar-refractivity contribution in [3.05, 3.63) is 40.4 Å². The van der Waals surface area contributed by atoms with Crippen LogP contribution in [0.2, 0.25) is 10.0 Å². The van der Waals surface area contributed by atoms with Crippen molar-refractivity contribution < 1.29 is 4.74 Å². The summed E-state index contributed by atoms with van der Waals surface area (Å²) in [7, 11) is 0. The van der Waals surface area contributed by atoms with E-state index in [0.717, 1.165) is 49.2 Å². The van der Waals surface area contributed by atoms with E-state index in [4.69, 9.17) is 27.9 Å².